The van der Waals surface area contributed by atoms with Crippen LogP contribution >= 0.6 is 11.6 Å². The van der Waals surface area contributed by atoms with E-state index in [-0.39, 0.29) is 0 Å². The number of halogens is 1. The zero-order valence-corrected chi connectivity index (χ0v) is 11.5. The van der Waals surface area contributed by atoms with Crippen LogP contribution in [-0.4, -0.2) is 26.3 Å². The Hall–Kier alpha value is -1.62. The second-order valence-corrected chi connectivity index (χ2v) is 4.33. The zero-order valence-electron chi connectivity index (χ0n) is 10.7. The van der Waals surface area contributed by atoms with Crippen molar-refractivity contribution in [3.63, 3.8) is 0 Å². The summed E-state index contributed by atoms with van der Waals surface area (Å²) in [6.07, 6.45) is 2.54. The van der Waals surface area contributed by atoms with Crippen molar-refractivity contribution in [2.24, 2.45) is 0 Å². The van der Waals surface area contributed by atoms with Gasteiger partial charge in [0, 0.05) is 19.0 Å². The fourth-order valence-corrected chi connectivity index (χ4v) is 1.72. The van der Waals surface area contributed by atoms with Gasteiger partial charge in [0.2, 0.25) is 0 Å². The number of hydrogen-bond acceptors (Lipinski definition) is 4. The molecule has 0 saturated heterocycles. The van der Waals surface area contributed by atoms with E-state index in [0.717, 1.165) is 36.1 Å². The van der Waals surface area contributed by atoms with Crippen LogP contribution in [0.4, 0.5) is 5.82 Å². The van der Waals surface area contributed by atoms with Crippen LogP contribution in [0.25, 0.3) is 5.82 Å². The van der Waals surface area contributed by atoms with Crippen molar-refractivity contribution in [2.45, 2.75) is 27.2 Å². The molecule has 1 N–H and O–H groups in total. The molecule has 0 spiro atoms. The Balaban J connectivity index is 2.45. The van der Waals surface area contributed by atoms with Crippen LogP contribution in [0.3, 0.4) is 0 Å². The Bertz CT molecular complexity index is 530. The fraction of sp³-hybridized carbons (Fsp3) is 0.417. The Morgan fingerprint density at radius 3 is 2.67 bits per heavy atom. The summed E-state index contributed by atoms with van der Waals surface area (Å²) in [5, 5.41) is 8.15. The van der Waals surface area contributed by atoms with E-state index >= 15 is 0 Å². The van der Waals surface area contributed by atoms with Crippen LogP contribution in [-0.2, 0) is 6.42 Å². The molecule has 0 aromatic carbocycles. The first-order valence-corrected chi connectivity index (χ1v) is 6.35. The van der Waals surface area contributed by atoms with E-state index in [1.165, 1.54) is 0 Å². The van der Waals surface area contributed by atoms with E-state index < -0.39 is 0 Å². The van der Waals surface area contributed by atoms with Crippen molar-refractivity contribution >= 4 is 17.4 Å². The summed E-state index contributed by atoms with van der Waals surface area (Å²) < 4.78 is 1.68. The van der Waals surface area contributed by atoms with Crippen molar-refractivity contribution < 1.29 is 0 Å². The summed E-state index contributed by atoms with van der Waals surface area (Å²) in [6, 6.07) is 1.87. The normalized spacial score (nSPS) is 10.7. The number of anilines is 1. The Morgan fingerprint density at radius 2 is 2.11 bits per heavy atom. The van der Waals surface area contributed by atoms with Gasteiger partial charge < -0.3 is 5.32 Å². The van der Waals surface area contributed by atoms with Crippen molar-refractivity contribution in [3.05, 3.63) is 28.8 Å². The molecular weight excluding hydrogens is 250 g/mol. The Morgan fingerprint density at radius 1 is 1.33 bits per heavy atom. The quantitative estimate of drug-likeness (QED) is 0.923. The summed E-state index contributed by atoms with van der Waals surface area (Å²) in [6.45, 7) is 6.74. The van der Waals surface area contributed by atoms with Gasteiger partial charge in [-0.1, -0.05) is 18.5 Å². The molecule has 0 bridgehead atoms. The van der Waals surface area contributed by atoms with E-state index in [4.69, 9.17) is 11.6 Å². The minimum Gasteiger partial charge on any atom is -0.370 e. The van der Waals surface area contributed by atoms with Gasteiger partial charge in [0.15, 0.2) is 5.82 Å². The lowest BCUT2D eigenvalue weighted by atomic mass is 10.4. The van der Waals surface area contributed by atoms with Gasteiger partial charge in [-0.25, -0.2) is 14.6 Å². The molecule has 0 aliphatic carbocycles. The van der Waals surface area contributed by atoms with E-state index in [0.29, 0.717) is 5.02 Å². The highest BCUT2D eigenvalue weighted by atomic mass is 35.5. The number of rotatable bonds is 4. The number of aromatic nitrogens is 4. The second-order valence-electron chi connectivity index (χ2n) is 3.92. The Labute approximate surface area is 111 Å². The monoisotopic (exact) mass is 265 g/mol. The molecule has 2 rings (SSSR count). The maximum Gasteiger partial charge on any atom is 0.159 e. The van der Waals surface area contributed by atoms with Crippen LogP contribution in [0.15, 0.2) is 12.3 Å². The van der Waals surface area contributed by atoms with E-state index in [1.54, 1.807) is 10.9 Å². The Kier molecular flexibility index (Phi) is 3.81. The van der Waals surface area contributed by atoms with E-state index in [1.807, 2.05) is 26.8 Å². The molecule has 0 fully saturated rings. The van der Waals surface area contributed by atoms with Gasteiger partial charge in [0.1, 0.15) is 11.6 Å². The van der Waals surface area contributed by atoms with Crippen LogP contribution in [0, 0.1) is 6.92 Å². The van der Waals surface area contributed by atoms with Crippen molar-refractivity contribution in [2.75, 3.05) is 11.9 Å². The van der Waals surface area contributed by atoms with Gasteiger partial charge in [0.05, 0.1) is 16.9 Å². The standard InChI is InChI=1S/C12H16ClN5/c1-4-10-15-11(14-5-2)6-12(16-10)18-7-9(13)8(3)17-18/h6-7H,4-5H2,1-3H3,(H,14,15,16). The molecular formula is C12H16ClN5. The largest absolute Gasteiger partial charge is 0.370 e. The minimum absolute atomic E-state index is 0.636. The predicted octanol–water partition coefficient (Wildman–Crippen LogP) is 2.62. The molecule has 0 aliphatic rings. The first-order chi connectivity index (χ1) is 8.63. The minimum atomic E-state index is 0.636. The lowest BCUT2D eigenvalue weighted by Crippen LogP contribution is -2.07. The first kappa shape index (κ1) is 12.8. The summed E-state index contributed by atoms with van der Waals surface area (Å²) in [7, 11) is 0. The van der Waals surface area contributed by atoms with Gasteiger partial charge in [-0.3, -0.25) is 0 Å². The van der Waals surface area contributed by atoms with Gasteiger partial charge >= 0.3 is 0 Å². The van der Waals surface area contributed by atoms with Gasteiger partial charge in [0.25, 0.3) is 0 Å². The van der Waals surface area contributed by atoms with E-state index in [2.05, 4.69) is 20.4 Å². The molecule has 0 radical (unpaired) electrons. The molecule has 96 valence electrons. The number of aryl methyl sites for hydroxylation is 2. The molecule has 2 heterocycles. The smallest absolute Gasteiger partial charge is 0.159 e. The van der Waals surface area contributed by atoms with Gasteiger partial charge in [-0.15, -0.1) is 0 Å². The third kappa shape index (κ3) is 2.61. The van der Waals surface area contributed by atoms with Crippen LogP contribution in [0.5, 0.6) is 0 Å². The zero-order chi connectivity index (χ0) is 13.1. The van der Waals surface area contributed by atoms with Crippen molar-refractivity contribution in [1.29, 1.82) is 0 Å². The average Bonchev–Trinajstić information content (AvgIpc) is 2.70. The summed E-state index contributed by atoms with van der Waals surface area (Å²) in [5.41, 5.74) is 0.790. The molecule has 0 amide bonds. The van der Waals surface area contributed by atoms with Crippen LogP contribution in [0.1, 0.15) is 25.4 Å². The third-order valence-corrected chi connectivity index (χ3v) is 2.88. The van der Waals surface area contributed by atoms with Crippen molar-refractivity contribution in [1.82, 2.24) is 19.7 Å². The van der Waals surface area contributed by atoms with Crippen LogP contribution in [0.2, 0.25) is 5.02 Å². The number of nitrogens with one attached hydrogen (secondary N) is 1. The maximum atomic E-state index is 6.01. The second kappa shape index (κ2) is 5.35. The lowest BCUT2D eigenvalue weighted by molar-refractivity contribution is 0.803. The molecule has 0 atom stereocenters. The van der Waals surface area contributed by atoms with Crippen molar-refractivity contribution in [3.8, 4) is 5.82 Å². The lowest BCUT2D eigenvalue weighted by Gasteiger charge is -2.07. The fourth-order valence-electron chi connectivity index (χ4n) is 1.59. The average molecular weight is 266 g/mol. The van der Waals surface area contributed by atoms with Gasteiger partial charge in [-0.05, 0) is 13.8 Å². The third-order valence-electron chi connectivity index (χ3n) is 2.51. The summed E-state index contributed by atoms with van der Waals surface area (Å²) in [5.74, 6) is 2.32. The maximum absolute atomic E-state index is 6.01. The topological polar surface area (TPSA) is 55.6 Å². The molecule has 0 unspecified atom stereocenters. The van der Waals surface area contributed by atoms with Gasteiger partial charge in [-0.2, -0.15) is 5.10 Å². The van der Waals surface area contributed by atoms with E-state index in [9.17, 15) is 0 Å². The number of nitrogens with zero attached hydrogens (tertiary/aromatic N) is 4. The highest BCUT2D eigenvalue weighted by Gasteiger charge is 2.08. The molecule has 2 aromatic heterocycles. The first-order valence-electron chi connectivity index (χ1n) is 5.98. The molecule has 6 heteroatoms. The SMILES string of the molecule is CCNc1cc(-n2cc(Cl)c(C)n2)nc(CC)n1. The van der Waals surface area contributed by atoms with Crippen LogP contribution < -0.4 is 5.32 Å². The summed E-state index contributed by atoms with van der Waals surface area (Å²) >= 11 is 6.01. The highest BCUT2D eigenvalue weighted by molar-refractivity contribution is 6.31. The summed E-state index contributed by atoms with van der Waals surface area (Å²) in [4.78, 5) is 8.85. The molecule has 0 saturated carbocycles. The predicted molar refractivity (Wildman–Crippen MR) is 72.4 cm³/mol. The molecule has 0 aliphatic heterocycles. The number of hydrogen-bond donors (Lipinski definition) is 1. The molecule has 5 nitrogen and oxygen atoms in total. The highest BCUT2D eigenvalue weighted by Crippen LogP contribution is 2.17. The molecule has 2 aromatic rings. The molecule has 18 heavy (non-hydrogen) atoms.